The quantitative estimate of drug-likeness (QED) is 0.566. The van der Waals surface area contributed by atoms with E-state index in [2.05, 4.69) is 5.32 Å². The van der Waals surface area contributed by atoms with Gasteiger partial charge in [-0.3, -0.25) is 14.4 Å². The van der Waals surface area contributed by atoms with Gasteiger partial charge in [0.25, 0.3) is 5.91 Å². The maximum absolute atomic E-state index is 12.5. The zero-order chi connectivity index (χ0) is 21.3. The Labute approximate surface area is 174 Å². The predicted octanol–water partition coefficient (Wildman–Crippen LogP) is 3.07. The molecule has 0 aliphatic heterocycles. The maximum atomic E-state index is 12.5. The average molecular weight is 402 g/mol. The maximum Gasteiger partial charge on any atom is 0.308 e. The van der Waals surface area contributed by atoms with Crippen molar-refractivity contribution in [3.05, 3.63) is 96.1 Å². The first-order valence-corrected chi connectivity index (χ1v) is 9.48. The Morgan fingerprint density at radius 3 is 1.97 bits per heavy atom. The highest BCUT2D eigenvalue weighted by Gasteiger charge is 2.23. The molecule has 0 aliphatic rings. The fraction of sp³-hybridized carbons (Fsp3) is 0.125. The van der Waals surface area contributed by atoms with Crippen LogP contribution in [-0.2, 0) is 20.9 Å². The molecule has 0 heterocycles. The number of carbonyl (C=O) groups is 3. The Morgan fingerprint density at radius 2 is 1.37 bits per heavy atom. The van der Waals surface area contributed by atoms with Gasteiger partial charge in [-0.15, -0.1) is 0 Å². The molecular formula is C24H22N2O4. The summed E-state index contributed by atoms with van der Waals surface area (Å²) in [5, 5.41) is 2.51. The lowest BCUT2D eigenvalue weighted by molar-refractivity contribution is -0.146. The zero-order valence-corrected chi connectivity index (χ0v) is 16.3. The molecule has 0 fully saturated rings. The minimum atomic E-state index is -1.16. The molecule has 0 bridgehead atoms. The summed E-state index contributed by atoms with van der Waals surface area (Å²) in [7, 11) is 0. The summed E-state index contributed by atoms with van der Waals surface area (Å²) in [6, 6.07) is 24.7. The fourth-order valence-electron chi connectivity index (χ4n) is 2.87. The fourth-order valence-corrected chi connectivity index (χ4v) is 2.87. The number of esters is 1. The van der Waals surface area contributed by atoms with Crippen molar-refractivity contribution in [3.63, 3.8) is 0 Å². The van der Waals surface area contributed by atoms with E-state index in [1.54, 1.807) is 12.1 Å². The standard InChI is InChI=1S/C24H22N2O4/c25-23(28)21(15-22(27)30-16-17-7-3-1-4-8-17)26-24(29)20-13-11-19(12-14-20)18-9-5-2-6-10-18/h1-14,21H,15-16H2,(H2,25,28)(H,26,29)/t21-/m1/s1. The third-order valence-electron chi connectivity index (χ3n) is 4.52. The first-order valence-electron chi connectivity index (χ1n) is 9.48. The minimum absolute atomic E-state index is 0.0834. The molecule has 3 N–H and O–H groups in total. The summed E-state index contributed by atoms with van der Waals surface area (Å²) in [5.41, 5.74) is 8.53. The van der Waals surface area contributed by atoms with E-state index in [0.29, 0.717) is 5.56 Å². The molecule has 3 rings (SSSR count). The van der Waals surface area contributed by atoms with Gasteiger partial charge in [0.2, 0.25) is 5.91 Å². The van der Waals surface area contributed by atoms with Gasteiger partial charge in [-0.05, 0) is 28.8 Å². The summed E-state index contributed by atoms with van der Waals surface area (Å²) in [4.78, 5) is 36.3. The van der Waals surface area contributed by atoms with Gasteiger partial charge in [0.1, 0.15) is 12.6 Å². The second-order valence-electron chi connectivity index (χ2n) is 6.72. The van der Waals surface area contributed by atoms with E-state index in [4.69, 9.17) is 10.5 Å². The lowest BCUT2D eigenvalue weighted by atomic mass is 10.0. The molecule has 2 amide bonds. The summed E-state index contributed by atoms with van der Waals surface area (Å²) in [6.45, 7) is 0.0834. The van der Waals surface area contributed by atoms with Crippen LogP contribution < -0.4 is 11.1 Å². The number of rotatable bonds is 8. The van der Waals surface area contributed by atoms with Crippen LogP contribution in [0.3, 0.4) is 0 Å². The van der Waals surface area contributed by atoms with Crippen molar-refractivity contribution in [1.29, 1.82) is 0 Å². The molecule has 0 aromatic heterocycles. The molecule has 152 valence electrons. The molecule has 3 aromatic rings. The summed E-state index contributed by atoms with van der Waals surface area (Å²) in [5.74, 6) is -1.92. The highest BCUT2D eigenvalue weighted by atomic mass is 16.5. The van der Waals surface area contributed by atoms with Gasteiger partial charge >= 0.3 is 5.97 Å². The number of nitrogens with two attached hydrogens (primary N) is 1. The van der Waals surface area contributed by atoms with Crippen LogP contribution >= 0.6 is 0 Å². The van der Waals surface area contributed by atoms with Gasteiger partial charge in [0.15, 0.2) is 0 Å². The van der Waals surface area contributed by atoms with Gasteiger partial charge in [-0.25, -0.2) is 0 Å². The molecule has 30 heavy (non-hydrogen) atoms. The number of ether oxygens (including phenoxy) is 1. The van der Waals surface area contributed by atoms with Gasteiger partial charge in [0.05, 0.1) is 6.42 Å². The lowest BCUT2D eigenvalue weighted by Crippen LogP contribution is -2.45. The van der Waals surface area contributed by atoms with Crippen LogP contribution in [0.4, 0.5) is 0 Å². The zero-order valence-electron chi connectivity index (χ0n) is 16.3. The molecule has 0 spiro atoms. The van der Waals surface area contributed by atoms with Crippen LogP contribution in [0.15, 0.2) is 84.9 Å². The first kappa shape index (κ1) is 20.8. The average Bonchev–Trinajstić information content (AvgIpc) is 2.78. The highest BCUT2D eigenvalue weighted by molar-refractivity contribution is 5.98. The third-order valence-corrected chi connectivity index (χ3v) is 4.52. The van der Waals surface area contributed by atoms with Gasteiger partial charge in [-0.2, -0.15) is 0 Å². The van der Waals surface area contributed by atoms with E-state index < -0.39 is 23.8 Å². The molecular weight excluding hydrogens is 380 g/mol. The largest absolute Gasteiger partial charge is 0.461 e. The van der Waals surface area contributed by atoms with Crippen LogP contribution in [0, 0.1) is 0 Å². The van der Waals surface area contributed by atoms with Crippen LogP contribution in [-0.4, -0.2) is 23.8 Å². The highest BCUT2D eigenvalue weighted by Crippen LogP contribution is 2.19. The molecule has 0 aliphatic carbocycles. The van der Waals surface area contributed by atoms with Crippen molar-refractivity contribution in [2.75, 3.05) is 0 Å². The third kappa shape index (κ3) is 5.78. The molecule has 0 saturated carbocycles. The van der Waals surface area contributed by atoms with Crippen molar-refractivity contribution in [3.8, 4) is 11.1 Å². The van der Waals surface area contributed by atoms with Crippen molar-refractivity contribution in [2.24, 2.45) is 5.73 Å². The van der Waals surface area contributed by atoms with Crippen molar-refractivity contribution < 1.29 is 19.1 Å². The number of hydrogen-bond acceptors (Lipinski definition) is 4. The Hall–Kier alpha value is -3.93. The molecule has 0 radical (unpaired) electrons. The van der Waals surface area contributed by atoms with E-state index in [9.17, 15) is 14.4 Å². The van der Waals surface area contributed by atoms with Crippen LogP contribution in [0.25, 0.3) is 11.1 Å². The second kappa shape index (κ2) is 10.0. The van der Waals surface area contributed by atoms with Gasteiger partial charge in [-0.1, -0.05) is 72.8 Å². The van der Waals surface area contributed by atoms with Crippen LogP contribution in [0.2, 0.25) is 0 Å². The number of primary amides is 1. The molecule has 6 heteroatoms. The van der Waals surface area contributed by atoms with E-state index in [1.165, 1.54) is 0 Å². The number of amides is 2. The van der Waals surface area contributed by atoms with E-state index in [0.717, 1.165) is 16.7 Å². The monoisotopic (exact) mass is 402 g/mol. The molecule has 3 aromatic carbocycles. The van der Waals surface area contributed by atoms with E-state index in [-0.39, 0.29) is 13.0 Å². The summed E-state index contributed by atoms with van der Waals surface area (Å²) in [6.07, 6.45) is -0.337. The Morgan fingerprint density at radius 1 is 0.800 bits per heavy atom. The first-order chi connectivity index (χ1) is 14.5. The predicted molar refractivity (Wildman–Crippen MR) is 113 cm³/mol. The Kier molecular flexibility index (Phi) is 6.95. The SMILES string of the molecule is NC(=O)[C@@H](CC(=O)OCc1ccccc1)NC(=O)c1ccc(-c2ccccc2)cc1. The molecule has 1 atom stereocenters. The normalized spacial score (nSPS) is 11.3. The smallest absolute Gasteiger partial charge is 0.308 e. The minimum Gasteiger partial charge on any atom is -0.461 e. The molecule has 0 saturated heterocycles. The number of nitrogens with one attached hydrogen (secondary N) is 1. The van der Waals surface area contributed by atoms with Crippen molar-refractivity contribution >= 4 is 17.8 Å². The lowest BCUT2D eigenvalue weighted by Gasteiger charge is -2.15. The summed E-state index contributed by atoms with van der Waals surface area (Å²) >= 11 is 0. The van der Waals surface area contributed by atoms with Gasteiger partial charge in [0, 0.05) is 5.56 Å². The Bertz CT molecular complexity index is 1000. The van der Waals surface area contributed by atoms with Crippen LogP contribution in [0.1, 0.15) is 22.3 Å². The van der Waals surface area contributed by atoms with Crippen molar-refractivity contribution in [1.82, 2.24) is 5.32 Å². The summed E-state index contributed by atoms with van der Waals surface area (Å²) < 4.78 is 5.16. The van der Waals surface area contributed by atoms with Crippen molar-refractivity contribution in [2.45, 2.75) is 19.1 Å². The number of benzene rings is 3. The Balaban J connectivity index is 1.58. The van der Waals surface area contributed by atoms with Crippen LogP contribution in [0.5, 0.6) is 0 Å². The van der Waals surface area contributed by atoms with E-state index in [1.807, 2.05) is 72.8 Å². The number of carbonyl (C=O) groups excluding carboxylic acids is 3. The topological polar surface area (TPSA) is 98.5 Å². The molecule has 6 nitrogen and oxygen atoms in total. The van der Waals surface area contributed by atoms with E-state index >= 15 is 0 Å². The molecule has 0 unspecified atom stereocenters. The number of hydrogen-bond donors (Lipinski definition) is 2. The second-order valence-corrected chi connectivity index (χ2v) is 6.72. The van der Waals surface area contributed by atoms with Gasteiger partial charge < -0.3 is 15.8 Å².